The number of carbonyl (C=O) groups excluding carboxylic acids is 2. The molecule has 1 N–H and O–H groups in total. The lowest BCUT2D eigenvalue weighted by atomic mass is 9.95. The van der Waals surface area contributed by atoms with Gasteiger partial charge in [-0.25, -0.2) is 4.79 Å². The van der Waals surface area contributed by atoms with E-state index in [1.54, 1.807) is 12.1 Å². The summed E-state index contributed by atoms with van der Waals surface area (Å²) in [4.78, 5) is 26.2. The Kier molecular flexibility index (Phi) is 6.50. The Morgan fingerprint density at radius 2 is 1.73 bits per heavy atom. The smallest absolute Gasteiger partial charge is 0.275 e. The molecule has 26 heavy (non-hydrogen) atoms. The molecule has 0 heterocycles. The van der Waals surface area contributed by atoms with Gasteiger partial charge in [-0.1, -0.05) is 50.7 Å². The number of rotatable bonds is 2. The number of alkyl halides is 3. The quantitative estimate of drug-likeness (QED) is 0.582. The van der Waals surface area contributed by atoms with Gasteiger partial charge in [0.1, 0.15) is 5.54 Å². The van der Waals surface area contributed by atoms with E-state index in [4.69, 9.17) is 34.8 Å². The number of hydrogen-bond donors (Lipinski definition) is 1. The number of benzene rings is 1. The van der Waals surface area contributed by atoms with Crippen molar-refractivity contribution in [1.82, 2.24) is 5.32 Å². The molecule has 0 aromatic heterocycles. The molecule has 1 aromatic carbocycles. The van der Waals surface area contributed by atoms with Crippen LogP contribution in [0.1, 0.15) is 36.8 Å². The van der Waals surface area contributed by atoms with Gasteiger partial charge in [0.25, 0.3) is 9.70 Å². The molecular weight excluding hydrogens is 464 g/mol. The topological polar surface area (TPSA) is 73.2 Å². The van der Waals surface area contributed by atoms with Gasteiger partial charge in [-0.3, -0.25) is 15.0 Å². The van der Waals surface area contributed by atoms with E-state index in [9.17, 15) is 14.9 Å². The predicted octanol–water partition coefficient (Wildman–Crippen LogP) is 5.32. The minimum Gasteiger partial charge on any atom is -0.275 e. The average Bonchev–Trinajstić information content (AvgIpc) is 3.01. The SMILES string of the molecule is Cc1cc(N(C(=O)NC(=O)C(Cl)(Cl)Cl)C2(C#N)CCCC2)cc(C)c1Br. The van der Waals surface area contributed by atoms with Crippen molar-refractivity contribution in [3.05, 3.63) is 27.7 Å². The Balaban J connectivity index is 2.52. The van der Waals surface area contributed by atoms with Crippen molar-refractivity contribution >= 4 is 68.4 Å². The lowest BCUT2D eigenvalue weighted by Crippen LogP contribution is -2.56. The molecule has 0 spiro atoms. The molecule has 1 aliphatic rings. The standard InChI is InChI=1S/C17H17BrCl3N3O2/c1-10-7-12(8-11(2)13(10)18)24(16(9-22)5-3-4-6-16)15(26)23-14(25)17(19,20)21/h7-8H,3-6H2,1-2H3,(H,23,25,26). The van der Waals surface area contributed by atoms with Gasteiger partial charge in [-0.15, -0.1) is 0 Å². The first-order chi connectivity index (χ1) is 12.0. The molecule has 0 atom stereocenters. The van der Waals surface area contributed by atoms with Crippen LogP contribution in [0.4, 0.5) is 10.5 Å². The van der Waals surface area contributed by atoms with Crippen LogP contribution < -0.4 is 10.2 Å². The maximum atomic E-state index is 12.9. The molecule has 2 rings (SSSR count). The first-order valence-electron chi connectivity index (χ1n) is 7.92. The van der Waals surface area contributed by atoms with Crippen molar-refractivity contribution in [2.75, 3.05) is 4.90 Å². The molecular formula is C17H17BrCl3N3O2. The summed E-state index contributed by atoms with van der Waals surface area (Å²) in [5.74, 6) is -1.06. The molecule has 1 aliphatic carbocycles. The number of imide groups is 1. The highest BCUT2D eigenvalue weighted by Crippen LogP contribution is 2.40. The summed E-state index contributed by atoms with van der Waals surface area (Å²) in [5, 5.41) is 11.9. The summed E-state index contributed by atoms with van der Waals surface area (Å²) < 4.78 is -1.36. The zero-order valence-corrected chi connectivity index (χ0v) is 18.1. The van der Waals surface area contributed by atoms with E-state index in [2.05, 4.69) is 27.3 Å². The van der Waals surface area contributed by atoms with E-state index < -0.39 is 21.3 Å². The Hall–Kier alpha value is -1.000. The Morgan fingerprint density at radius 3 is 2.15 bits per heavy atom. The van der Waals surface area contributed by atoms with E-state index >= 15 is 0 Å². The van der Waals surface area contributed by atoms with Crippen LogP contribution in [0.3, 0.4) is 0 Å². The summed E-state index contributed by atoms with van der Waals surface area (Å²) in [6.45, 7) is 3.77. The fraction of sp³-hybridized carbons (Fsp3) is 0.471. The fourth-order valence-electron chi connectivity index (χ4n) is 3.18. The largest absolute Gasteiger partial charge is 0.330 e. The van der Waals surface area contributed by atoms with Crippen LogP contribution in [0, 0.1) is 25.2 Å². The van der Waals surface area contributed by atoms with E-state index in [1.165, 1.54) is 4.90 Å². The second-order valence-electron chi connectivity index (χ2n) is 6.34. The fourth-order valence-corrected chi connectivity index (χ4v) is 3.55. The maximum absolute atomic E-state index is 12.9. The van der Waals surface area contributed by atoms with Gasteiger partial charge in [-0.2, -0.15) is 5.26 Å². The van der Waals surface area contributed by atoms with Crippen LogP contribution in [-0.2, 0) is 4.79 Å². The average molecular weight is 482 g/mol. The number of halogens is 4. The van der Waals surface area contributed by atoms with Crippen molar-refractivity contribution in [3.8, 4) is 6.07 Å². The zero-order chi connectivity index (χ0) is 19.7. The Labute approximate surface area is 175 Å². The third-order valence-electron chi connectivity index (χ3n) is 4.43. The second-order valence-corrected chi connectivity index (χ2v) is 9.41. The van der Waals surface area contributed by atoms with Crippen LogP contribution >= 0.6 is 50.7 Å². The van der Waals surface area contributed by atoms with Crippen LogP contribution in [0.5, 0.6) is 0 Å². The van der Waals surface area contributed by atoms with E-state index in [0.717, 1.165) is 28.4 Å². The summed E-state index contributed by atoms with van der Waals surface area (Å²) in [6.07, 6.45) is 2.63. The lowest BCUT2D eigenvalue weighted by molar-refractivity contribution is -0.119. The third-order valence-corrected chi connectivity index (χ3v) is 6.19. The van der Waals surface area contributed by atoms with E-state index in [-0.39, 0.29) is 0 Å². The zero-order valence-electron chi connectivity index (χ0n) is 14.2. The highest BCUT2D eigenvalue weighted by atomic mass is 79.9. The van der Waals surface area contributed by atoms with Crippen LogP contribution in [0.2, 0.25) is 0 Å². The number of urea groups is 1. The molecule has 0 aliphatic heterocycles. The van der Waals surface area contributed by atoms with Crippen LogP contribution in [0.25, 0.3) is 0 Å². The predicted molar refractivity (Wildman–Crippen MR) is 107 cm³/mol. The minimum absolute atomic E-state index is 0.507. The summed E-state index contributed by atoms with van der Waals surface area (Å²) in [5.41, 5.74) is 1.26. The van der Waals surface area contributed by atoms with E-state index in [0.29, 0.717) is 18.5 Å². The molecule has 0 radical (unpaired) electrons. The van der Waals surface area contributed by atoms with Crippen molar-refractivity contribution in [2.45, 2.75) is 48.9 Å². The maximum Gasteiger partial charge on any atom is 0.330 e. The number of hydrogen-bond acceptors (Lipinski definition) is 3. The molecule has 5 nitrogen and oxygen atoms in total. The normalized spacial score (nSPS) is 16.0. The number of anilines is 1. The van der Waals surface area contributed by atoms with Gasteiger partial charge in [0.2, 0.25) is 0 Å². The molecule has 1 fully saturated rings. The molecule has 1 aromatic rings. The highest BCUT2D eigenvalue weighted by Gasteiger charge is 2.45. The second kappa shape index (κ2) is 7.93. The van der Waals surface area contributed by atoms with Gasteiger partial charge >= 0.3 is 6.03 Å². The molecule has 3 amide bonds. The van der Waals surface area contributed by atoms with Crippen LogP contribution in [-0.4, -0.2) is 21.3 Å². The Bertz CT molecular complexity index is 757. The number of nitriles is 1. The number of nitrogens with one attached hydrogen (secondary N) is 1. The van der Waals surface area contributed by atoms with Crippen molar-refractivity contribution in [1.29, 1.82) is 5.26 Å². The lowest BCUT2D eigenvalue weighted by Gasteiger charge is -2.36. The van der Waals surface area contributed by atoms with Crippen molar-refractivity contribution in [2.24, 2.45) is 0 Å². The molecule has 9 heteroatoms. The van der Waals surface area contributed by atoms with Crippen LogP contribution in [0.15, 0.2) is 16.6 Å². The number of nitrogens with zero attached hydrogens (tertiary/aromatic N) is 2. The highest BCUT2D eigenvalue weighted by molar-refractivity contribution is 9.10. The molecule has 0 bridgehead atoms. The van der Waals surface area contributed by atoms with Gasteiger partial charge < -0.3 is 0 Å². The third kappa shape index (κ3) is 4.28. The van der Waals surface area contributed by atoms with Gasteiger partial charge in [-0.05, 0) is 62.8 Å². The molecule has 1 saturated carbocycles. The first kappa shape index (κ1) is 21.3. The van der Waals surface area contributed by atoms with Gasteiger partial charge in [0.05, 0.1) is 6.07 Å². The monoisotopic (exact) mass is 479 g/mol. The molecule has 0 unspecified atom stereocenters. The summed E-state index contributed by atoms with van der Waals surface area (Å²) in [6, 6.07) is 5.05. The van der Waals surface area contributed by atoms with Crippen molar-refractivity contribution < 1.29 is 9.59 Å². The number of carbonyl (C=O) groups is 2. The molecule has 0 saturated heterocycles. The summed E-state index contributed by atoms with van der Waals surface area (Å²) in [7, 11) is 0. The Morgan fingerprint density at radius 1 is 1.23 bits per heavy atom. The number of amides is 3. The molecule has 140 valence electrons. The van der Waals surface area contributed by atoms with Gasteiger partial charge in [0.15, 0.2) is 0 Å². The van der Waals surface area contributed by atoms with Gasteiger partial charge in [0, 0.05) is 10.2 Å². The number of aryl methyl sites for hydroxylation is 2. The summed E-state index contributed by atoms with van der Waals surface area (Å²) >= 11 is 20.2. The van der Waals surface area contributed by atoms with Crippen molar-refractivity contribution in [3.63, 3.8) is 0 Å². The van der Waals surface area contributed by atoms with E-state index in [1.807, 2.05) is 13.8 Å². The minimum atomic E-state index is -2.28. The first-order valence-corrected chi connectivity index (χ1v) is 9.85.